The molecule has 2 heterocycles. The number of nitrogens with zero attached hydrogens (tertiary/aromatic N) is 4. The van der Waals surface area contributed by atoms with Gasteiger partial charge < -0.3 is 10.6 Å². The lowest BCUT2D eigenvalue weighted by atomic mass is 9.87. The normalized spacial score (nSPS) is 14.9. The monoisotopic (exact) mass is 477 g/mol. The van der Waals surface area contributed by atoms with Crippen molar-refractivity contribution in [3.63, 3.8) is 0 Å². The van der Waals surface area contributed by atoms with Gasteiger partial charge in [0.15, 0.2) is 11.0 Å². The van der Waals surface area contributed by atoms with E-state index in [1.807, 2.05) is 39.8 Å². The molecule has 0 spiro atoms. The third kappa shape index (κ3) is 5.33. The molecule has 178 valence electrons. The number of nitrogens with two attached hydrogens (primary N) is 1. The van der Waals surface area contributed by atoms with Crippen LogP contribution < -0.4 is 5.73 Å². The van der Waals surface area contributed by atoms with E-state index in [4.69, 9.17) is 5.73 Å². The molecule has 7 nitrogen and oxygen atoms in total. The fraction of sp³-hybridized carbons (Fsp3) is 0.385. The third-order valence-corrected chi connectivity index (χ3v) is 7.15. The number of aromatic nitrogens is 3. The molecule has 0 aliphatic carbocycles. The molecule has 1 aromatic heterocycles. The summed E-state index contributed by atoms with van der Waals surface area (Å²) < 4.78 is 2.00. The van der Waals surface area contributed by atoms with Crippen molar-refractivity contribution >= 4 is 23.6 Å². The first-order valence-corrected chi connectivity index (χ1v) is 12.5. The van der Waals surface area contributed by atoms with Crippen molar-refractivity contribution in [1.29, 1.82) is 0 Å². The highest BCUT2D eigenvalue weighted by Gasteiger charge is 2.26. The van der Waals surface area contributed by atoms with Crippen LogP contribution in [0.3, 0.4) is 0 Å². The van der Waals surface area contributed by atoms with E-state index in [-0.39, 0.29) is 28.9 Å². The summed E-state index contributed by atoms with van der Waals surface area (Å²) in [5.74, 6) is 0.621. The van der Waals surface area contributed by atoms with E-state index >= 15 is 0 Å². The number of likely N-dealkylation sites (tertiary alicyclic amines) is 1. The fourth-order valence-electron chi connectivity index (χ4n) is 4.11. The first-order valence-electron chi connectivity index (χ1n) is 11.6. The summed E-state index contributed by atoms with van der Waals surface area (Å²) in [6.07, 6.45) is 1.25. The molecule has 0 radical (unpaired) electrons. The molecule has 1 aliphatic heterocycles. The summed E-state index contributed by atoms with van der Waals surface area (Å²) in [4.78, 5) is 26.0. The lowest BCUT2D eigenvalue weighted by Crippen LogP contribution is -2.42. The van der Waals surface area contributed by atoms with Gasteiger partial charge in [-0.1, -0.05) is 75.0 Å². The average Bonchev–Trinajstić information content (AvgIpc) is 3.26. The summed E-state index contributed by atoms with van der Waals surface area (Å²) in [6.45, 7) is 7.69. The second-order valence-corrected chi connectivity index (χ2v) is 10.6. The Balaban J connectivity index is 1.55. The van der Waals surface area contributed by atoms with Crippen molar-refractivity contribution < 1.29 is 9.59 Å². The molecule has 0 bridgehead atoms. The van der Waals surface area contributed by atoms with Gasteiger partial charge in [0.25, 0.3) is 0 Å². The predicted molar refractivity (Wildman–Crippen MR) is 135 cm³/mol. The molecule has 0 atom stereocenters. The number of piperidine rings is 1. The van der Waals surface area contributed by atoms with Crippen LogP contribution in [0.5, 0.6) is 0 Å². The summed E-state index contributed by atoms with van der Waals surface area (Å²) in [7, 11) is 0. The van der Waals surface area contributed by atoms with E-state index in [1.54, 1.807) is 0 Å². The number of carbonyl (C=O) groups is 2. The Hall–Kier alpha value is -3.13. The molecule has 0 unspecified atom stereocenters. The van der Waals surface area contributed by atoms with E-state index in [9.17, 15) is 9.59 Å². The number of rotatable bonds is 6. The van der Waals surface area contributed by atoms with Gasteiger partial charge in [-0.05, 0) is 36.0 Å². The quantitative estimate of drug-likeness (QED) is 0.541. The molecule has 34 heavy (non-hydrogen) atoms. The lowest BCUT2D eigenvalue weighted by Gasteiger charge is -2.30. The van der Waals surface area contributed by atoms with Gasteiger partial charge in [-0.3, -0.25) is 14.2 Å². The van der Waals surface area contributed by atoms with Crippen LogP contribution in [0.25, 0.3) is 17.1 Å². The molecule has 1 saturated heterocycles. The summed E-state index contributed by atoms with van der Waals surface area (Å²) in [5.41, 5.74) is 8.64. The predicted octanol–water partition coefficient (Wildman–Crippen LogP) is 4.05. The van der Waals surface area contributed by atoms with Gasteiger partial charge in [0.05, 0.1) is 5.75 Å². The SMILES string of the molecule is CC(C)(C)c1ccc(-c2nnc(SCC(=O)N3CCC(C(N)=O)CC3)n2-c2ccccc2)cc1. The number of benzene rings is 2. The second kappa shape index (κ2) is 10.0. The van der Waals surface area contributed by atoms with Crippen LogP contribution >= 0.6 is 11.8 Å². The van der Waals surface area contributed by atoms with E-state index in [0.717, 1.165) is 17.1 Å². The third-order valence-electron chi connectivity index (χ3n) is 6.23. The molecule has 2 N–H and O–H groups in total. The summed E-state index contributed by atoms with van der Waals surface area (Å²) >= 11 is 1.38. The van der Waals surface area contributed by atoms with Gasteiger partial charge >= 0.3 is 0 Å². The van der Waals surface area contributed by atoms with Crippen molar-refractivity contribution in [2.24, 2.45) is 11.7 Å². The van der Waals surface area contributed by atoms with E-state index in [1.165, 1.54) is 17.3 Å². The fourth-order valence-corrected chi connectivity index (χ4v) is 4.97. The van der Waals surface area contributed by atoms with Gasteiger partial charge in [0.2, 0.25) is 11.8 Å². The van der Waals surface area contributed by atoms with Crippen LogP contribution in [0.2, 0.25) is 0 Å². The Kier molecular flexibility index (Phi) is 7.07. The number of carbonyl (C=O) groups excluding carboxylic acids is 2. The molecular weight excluding hydrogens is 446 g/mol. The maximum absolute atomic E-state index is 12.8. The zero-order valence-corrected chi connectivity index (χ0v) is 20.7. The smallest absolute Gasteiger partial charge is 0.233 e. The zero-order chi connectivity index (χ0) is 24.3. The minimum Gasteiger partial charge on any atom is -0.369 e. The number of para-hydroxylation sites is 1. The molecule has 0 saturated carbocycles. The first kappa shape index (κ1) is 24.0. The zero-order valence-electron chi connectivity index (χ0n) is 19.9. The Morgan fingerprint density at radius 2 is 1.65 bits per heavy atom. The van der Waals surface area contributed by atoms with E-state index in [2.05, 4.69) is 55.2 Å². The van der Waals surface area contributed by atoms with Crippen molar-refractivity contribution in [2.75, 3.05) is 18.8 Å². The minimum absolute atomic E-state index is 0.0339. The number of hydrogen-bond acceptors (Lipinski definition) is 5. The highest BCUT2D eigenvalue weighted by Crippen LogP contribution is 2.30. The average molecular weight is 478 g/mol. The maximum atomic E-state index is 12.8. The van der Waals surface area contributed by atoms with E-state index in [0.29, 0.717) is 31.1 Å². The molecule has 1 fully saturated rings. The highest BCUT2D eigenvalue weighted by atomic mass is 32.2. The number of amides is 2. The number of thioether (sulfide) groups is 1. The minimum atomic E-state index is -0.277. The molecule has 2 amide bonds. The van der Waals surface area contributed by atoms with Crippen LogP contribution in [0.15, 0.2) is 59.8 Å². The summed E-state index contributed by atoms with van der Waals surface area (Å²) in [6, 6.07) is 18.4. The second-order valence-electron chi connectivity index (χ2n) is 9.65. The van der Waals surface area contributed by atoms with Gasteiger partial charge in [0, 0.05) is 30.3 Å². The Morgan fingerprint density at radius 3 is 2.24 bits per heavy atom. The van der Waals surface area contributed by atoms with Gasteiger partial charge in [-0.2, -0.15) is 0 Å². The van der Waals surface area contributed by atoms with Crippen LogP contribution in [-0.2, 0) is 15.0 Å². The van der Waals surface area contributed by atoms with Crippen LogP contribution in [0.1, 0.15) is 39.2 Å². The molecule has 8 heteroatoms. The van der Waals surface area contributed by atoms with Crippen LogP contribution in [-0.4, -0.2) is 50.3 Å². The van der Waals surface area contributed by atoms with Crippen molar-refractivity contribution in [3.8, 4) is 17.1 Å². The molecule has 1 aliphatic rings. The molecule has 3 aromatic rings. The van der Waals surface area contributed by atoms with Crippen molar-refractivity contribution in [3.05, 3.63) is 60.2 Å². The van der Waals surface area contributed by atoms with Gasteiger partial charge in [0.1, 0.15) is 0 Å². The Bertz CT molecular complexity index is 1140. The van der Waals surface area contributed by atoms with Crippen LogP contribution in [0, 0.1) is 5.92 Å². The van der Waals surface area contributed by atoms with Crippen molar-refractivity contribution in [2.45, 2.75) is 44.2 Å². The van der Waals surface area contributed by atoms with Gasteiger partial charge in [-0.15, -0.1) is 10.2 Å². The summed E-state index contributed by atoms with van der Waals surface area (Å²) in [5, 5.41) is 9.59. The Labute approximate surface area is 204 Å². The molecular formula is C26H31N5O2S. The van der Waals surface area contributed by atoms with E-state index < -0.39 is 0 Å². The maximum Gasteiger partial charge on any atom is 0.233 e. The van der Waals surface area contributed by atoms with Gasteiger partial charge in [-0.25, -0.2) is 0 Å². The molecule has 4 rings (SSSR count). The molecule has 2 aromatic carbocycles. The lowest BCUT2D eigenvalue weighted by molar-refractivity contribution is -0.132. The Morgan fingerprint density at radius 1 is 1.00 bits per heavy atom. The van der Waals surface area contributed by atoms with Crippen molar-refractivity contribution in [1.82, 2.24) is 19.7 Å². The number of hydrogen-bond donors (Lipinski definition) is 1. The number of primary amides is 1. The topological polar surface area (TPSA) is 94.1 Å². The largest absolute Gasteiger partial charge is 0.369 e. The first-order chi connectivity index (χ1) is 16.2. The highest BCUT2D eigenvalue weighted by molar-refractivity contribution is 7.99. The van der Waals surface area contributed by atoms with Crippen LogP contribution in [0.4, 0.5) is 0 Å². The standard InChI is InChI=1S/C26H31N5O2S/c1-26(2,3)20-11-9-19(10-12-20)24-28-29-25(31(24)21-7-5-4-6-8-21)34-17-22(32)30-15-13-18(14-16-30)23(27)33/h4-12,18H,13-17H2,1-3H3,(H2,27,33).